The smallest absolute Gasteiger partial charge is 0.253 e. The molecule has 0 spiro atoms. The van der Waals surface area contributed by atoms with E-state index in [1.54, 1.807) is 18.7 Å². The summed E-state index contributed by atoms with van der Waals surface area (Å²) in [6.07, 6.45) is 5.98. The highest BCUT2D eigenvalue weighted by Crippen LogP contribution is 2.41. The Morgan fingerprint density at radius 2 is 2.43 bits per heavy atom. The lowest BCUT2D eigenvalue weighted by Gasteiger charge is -2.03. The number of rotatable bonds is 3. The van der Waals surface area contributed by atoms with Gasteiger partial charge in [0.2, 0.25) is 0 Å². The van der Waals surface area contributed by atoms with Crippen molar-refractivity contribution in [3.8, 4) is 0 Å². The average molecular weight is 346 g/mol. The number of hydrogen-bond donors (Lipinski definition) is 2. The zero-order valence-corrected chi connectivity index (χ0v) is 12.6. The molecule has 21 heavy (non-hydrogen) atoms. The first-order valence-electron chi connectivity index (χ1n) is 6.69. The molecule has 1 amide bonds. The van der Waals surface area contributed by atoms with Crippen molar-refractivity contribution in [1.82, 2.24) is 15.3 Å². The number of carbonyl (C=O) groups is 1. The SMILES string of the molecule is O=C(N[C@@H]1C[C@H]1c1ccco1)c1c[nH]c2ncc(Br)cc12. The minimum absolute atomic E-state index is 0.0831. The van der Waals surface area contributed by atoms with Crippen molar-refractivity contribution in [2.75, 3.05) is 0 Å². The lowest BCUT2D eigenvalue weighted by Crippen LogP contribution is -2.26. The van der Waals surface area contributed by atoms with Crippen LogP contribution in [0, 0.1) is 0 Å². The summed E-state index contributed by atoms with van der Waals surface area (Å²) in [7, 11) is 0. The van der Waals surface area contributed by atoms with E-state index in [1.807, 2.05) is 18.2 Å². The highest BCUT2D eigenvalue weighted by molar-refractivity contribution is 9.10. The van der Waals surface area contributed by atoms with Crippen molar-refractivity contribution >= 4 is 32.9 Å². The number of nitrogens with one attached hydrogen (secondary N) is 2. The maximum absolute atomic E-state index is 12.4. The van der Waals surface area contributed by atoms with E-state index in [9.17, 15) is 4.79 Å². The monoisotopic (exact) mass is 345 g/mol. The van der Waals surface area contributed by atoms with Crippen LogP contribution in [0.5, 0.6) is 0 Å². The second kappa shape index (κ2) is 4.73. The van der Waals surface area contributed by atoms with Gasteiger partial charge < -0.3 is 14.7 Å². The number of amides is 1. The fraction of sp³-hybridized carbons (Fsp3) is 0.200. The van der Waals surface area contributed by atoms with Gasteiger partial charge in [-0.25, -0.2) is 4.98 Å². The van der Waals surface area contributed by atoms with Gasteiger partial charge in [-0.1, -0.05) is 0 Å². The second-order valence-corrected chi connectivity index (χ2v) is 6.11. The molecule has 2 N–H and O–H groups in total. The van der Waals surface area contributed by atoms with Gasteiger partial charge in [-0.2, -0.15) is 0 Å². The van der Waals surface area contributed by atoms with Crippen LogP contribution in [-0.2, 0) is 0 Å². The summed E-state index contributed by atoms with van der Waals surface area (Å²) >= 11 is 3.38. The first-order chi connectivity index (χ1) is 10.2. The van der Waals surface area contributed by atoms with Gasteiger partial charge >= 0.3 is 0 Å². The van der Waals surface area contributed by atoms with Crippen LogP contribution in [0.4, 0.5) is 0 Å². The lowest BCUT2D eigenvalue weighted by atomic mass is 10.2. The number of fused-ring (bicyclic) bond motifs is 1. The molecule has 4 rings (SSSR count). The lowest BCUT2D eigenvalue weighted by molar-refractivity contribution is 0.0952. The van der Waals surface area contributed by atoms with Crippen molar-refractivity contribution < 1.29 is 9.21 Å². The van der Waals surface area contributed by atoms with Crippen molar-refractivity contribution in [2.24, 2.45) is 0 Å². The Balaban J connectivity index is 1.54. The van der Waals surface area contributed by atoms with Gasteiger partial charge in [0.25, 0.3) is 5.91 Å². The molecular formula is C15H12BrN3O2. The van der Waals surface area contributed by atoms with Crippen LogP contribution in [0.25, 0.3) is 11.0 Å². The normalized spacial score (nSPS) is 20.6. The third kappa shape index (κ3) is 2.25. The molecule has 6 heteroatoms. The Labute approximate surface area is 128 Å². The first-order valence-corrected chi connectivity index (χ1v) is 7.48. The van der Waals surface area contributed by atoms with Crippen LogP contribution >= 0.6 is 15.9 Å². The molecular weight excluding hydrogens is 334 g/mol. The van der Waals surface area contributed by atoms with E-state index in [-0.39, 0.29) is 11.9 Å². The van der Waals surface area contributed by atoms with Crippen LogP contribution in [0.2, 0.25) is 0 Å². The zero-order valence-electron chi connectivity index (χ0n) is 11.0. The fourth-order valence-electron chi connectivity index (χ4n) is 2.58. The summed E-state index contributed by atoms with van der Waals surface area (Å²) in [6.45, 7) is 0. The number of hydrogen-bond acceptors (Lipinski definition) is 3. The van der Waals surface area contributed by atoms with E-state index in [2.05, 4.69) is 31.2 Å². The number of furan rings is 1. The summed E-state index contributed by atoms with van der Waals surface area (Å²) in [5, 5.41) is 3.86. The second-order valence-electron chi connectivity index (χ2n) is 5.19. The summed E-state index contributed by atoms with van der Waals surface area (Å²) in [4.78, 5) is 19.6. The highest BCUT2D eigenvalue weighted by atomic mass is 79.9. The van der Waals surface area contributed by atoms with Crippen LogP contribution in [0.3, 0.4) is 0 Å². The molecule has 1 fully saturated rings. The molecule has 1 aliphatic rings. The van der Waals surface area contributed by atoms with Gasteiger partial charge in [-0.3, -0.25) is 4.79 Å². The van der Waals surface area contributed by atoms with Crippen molar-refractivity contribution in [3.63, 3.8) is 0 Å². The Morgan fingerprint density at radius 3 is 3.24 bits per heavy atom. The Kier molecular flexibility index (Phi) is 2.85. The topological polar surface area (TPSA) is 70.9 Å². The van der Waals surface area contributed by atoms with Gasteiger partial charge in [-0.05, 0) is 40.5 Å². The largest absolute Gasteiger partial charge is 0.469 e. The number of aromatic amines is 1. The third-order valence-electron chi connectivity index (χ3n) is 3.76. The number of halogens is 1. The molecule has 0 aliphatic heterocycles. The highest BCUT2D eigenvalue weighted by Gasteiger charge is 2.41. The van der Waals surface area contributed by atoms with Gasteiger partial charge in [0.15, 0.2) is 0 Å². The molecule has 0 unspecified atom stereocenters. The van der Waals surface area contributed by atoms with Crippen molar-refractivity contribution in [1.29, 1.82) is 0 Å². The van der Waals surface area contributed by atoms with Crippen LogP contribution < -0.4 is 5.32 Å². The number of nitrogens with zero attached hydrogens (tertiary/aromatic N) is 1. The molecule has 0 bridgehead atoms. The number of aromatic nitrogens is 2. The first kappa shape index (κ1) is 12.6. The van der Waals surface area contributed by atoms with Crippen LogP contribution in [-0.4, -0.2) is 21.9 Å². The van der Waals surface area contributed by atoms with Gasteiger partial charge in [0.1, 0.15) is 11.4 Å². The van der Waals surface area contributed by atoms with Crippen molar-refractivity contribution in [3.05, 3.63) is 52.7 Å². The molecule has 3 aromatic heterocycles. The molecule has 1 aliphatic carbocycles. The van der Waals surface area contributed by atoms with E-state index in [0.29, 0.717) is 17.1 Å². The molecule has 1 saturated carbocycles. The molecule has 106 valence electrons. The van der Waals surface area contributed by atoms with E-state index >= 15 is 0 Å². The molecule has 5 nitrogen and oxygen atoms in total. The maximum atomic E-state index is 12.4. The summed E-state index contributed by atoms with van der Waals surface area (Å²) in [6, 6.07) is 5.86. The summed E-state index contributed by atoms with van der Waals surface area (Å²) < 4.78 is 6.22. The minimum atomic E-state index is -0.0831. The maximum Gasteiger partial charge on any atom is 0.253 e. The number of pyridine rings is 1. The Morgan fingerprint density at radius 1 is 1.52 bits per heavy atom. The number of carbonyl (C=O) groups excluding carboxylic acids is 1. The quantitative estimate of drug-likeness (QED) is 0.765. The van der Waals surface area contributed by atoms with Gasteiger partial charge in [-0.15, -0.1) is 0 Å². The van der Waals surface area contributed by atoms with E-state index < -0.39 is 0 Å². The van der Waals surface area contributed by atoms with Crippen LogP contribution in [0.1, 0.15) is 28.5 Å². The Hall–Kier alpha value is -2.08. The minimum Gasteiger partial charge on any atom is -0.469 e. The predicted octanol–water partition coefficient (Wildman–Crippen LogP) is 3.20. The zero-order chi connectivity index (χ0) is 14.4. The molecule has 3 heterocycles. The molecule has 2 atom stereocenters. The average Bonchev–Trinajstić information content (AvgIpc) is 2.93. The van der Waals surface area contributed by atoms with E-state index in [4.69, 9.17) is 4.42 Å². The van der Waals surface area contributed by atoms with Gasteiger partial charge in [0, 0.05) is 34.2 Å². The predicted molar refractivity (Wildman–Crippen MR) is 81.1 cm³/mol. The molecule has 0 radical (unpaired) electrons. The molecule has 3 aromatic rings. The summed E-state index contributed by atoms with van der Waals surface area (Å²) in [5.41, 5.74) is 1.32. The standard InChI is InChI=1S/C15H12BrN3O2/c16-8-4-9-11(7-18-14(9)17-6-8)15(20)19-12-5-10(12)13-2-1-3-21-13/h1-4,6-7,10,12H,5H2,(H,17,18)(H,19,20)/t10-,12-/m1/s1. The molecule has 0 saturated heterocycles. The van der Waals surface area contributed by atoms with E-state index in [1.165, 1.54) is 0 Å². The van der Waals surface area contributed by atoms with E-state index in [0.717, 1.165) is 22.0 Å². The van der Waals surface area contributed by atoms with Crippen molar-refractivity contribution in [2.45, 2.75) is 18.4 Å². The summed E-state index contributed by atoms with van der Waals surface area (Å²) in [5.74, 6) is 1.14. The van der Waals surface area contributed by atoms with Gasteiger partial charge in [0.05, 0.1) is 11.8 Å². The van der Waals surface area contributed by atoms with Crippen LogP contribution in [0.15, 0.2) is 45.7 Å². The third-order valence-corrected chi connectivity index (χ3v) is 4.19. The fourth-order valence-corrected chi connectivity index (χ4v) is 2.91. The number of H-pyrrole nitrogens is 1. The molecule has 0 aromatic carbocycles. The Bertz CT molecular complexity index is 810.